The molecule has 1 aromatic carbocycles. The van der Waals surface area contributed by atoms with Crippen LogP contribution in [0.2, 0.25) is 0 Å². The Bertz CT molecular complexity index is 349. The lowest BCUT2D eigenvalue weighted by Gasteiger charge is -2.23. The van der Waals surface area contributed by atoms with E-state index in [1.165, 1.54) is 37.1 Å². The normalized spacial score (nSPS) is 20.9. The number of hydrogen-bond acceptors (Lipinski definition) is 2. The number of rotatable bonds is 5. The van der Waals surface area contributed by atoms with Crippen LogP contribution >= 0.6 is 0 Å². The van der Waals surface area contributed by atoms with Crippen molar-refractivity contribution in [2.45, 2.75) is 39.3 Å². The predicted octanol–water partition coefficient (Wildman–Crippen LogP) is 2.57. The molecule has 0 amide bonds. The van der Waals surface area contributed by atoms with Crippen LogP contribution < -0.4 is 5.32 Å². The SMILES string of the molecule is CCN1CCC[C@@H]1CNCc1ccccc1C. The molecule has 2 nitrogen and oxygen atoms in total. The Morgan fingerprint density at radius 3 is 2.94 bits per heavy atom. The summed E-state index contributed by atoms with van der Waals surface area (Å²) in [5.41, 5.74) is 2.81. The minimum absolute atomic E-state index is 0.754. The summed E-state index contributed by atoms with van der Waals surface area (Å²) in [6.45, 7) is 9.05. The molecule has 2 heteroatoms. The number of likely N-dealkylation sites (N-methyl/N-ethyl adjacent to an activating group) is 1. The molecule has 0 bridgehead atoms. The van der Waals surface area contributed by atoms with Gasteiger partial charge < -0.3 is 5.32 Å². The van der Waals surface area contributed by atoms with Gasteiger partial charge in [-0.25, -0.2) is 0 Å². The molecule has 1 aliphatic rings. The lowest BCUT2D eigenvalue weighted by molar-refractivity contribution is 0.260. The lowest BCUT2D eigenvalue weighted by atomic mass is 10.1. The summed E-state index contributed by atoms with van der Waals surface area (Å²) < 4.78 is 0. The topological polar surface area (TPSA) is 15.3 Å². The first kappa shape index (κ1) is 12.6. The molecule has 0 radical (unpaired) electrons. The standard InChI is InChI=1S/C15H24N2/c1-3-17-10-6-9-15(17)12-16-11-14-8-5-4-7-13(14)2/h4-5,7-8,15-16H,3,6,9-12H2,1-2H3/t15-/m1/s1. The Balaban J connectivity index is 1.78. The average molecular weight is 232 g/mol. The highest BCUT2D eigenvalue weighted by Crippen LogP contribution is 2.15. The summed E-state index contributed by atoms with van der Waals surface area (Å²) >= 11 is 0. The van der Waals surface area contributed by atoms with E-state index >= 15 is 0 Å². The van der Waals surface area contributed by atoms with E-state index in [4.69, 9.17) is 0 Å². The molecule has 17 heavy (non-hydrogen) atoms. The fourth-order valence-electron chi connectivity index (χ4n) is 2.72. The fraction of sp³-hybridized carbons (Fsp3) is 0.600. The van der Waals surface area contributed by atoms with Crippen molar-refractivity contribution in [1.82, 2.24) is 10.2 Å². The van der Waals surface area contributed by atoms with Gasteiger partial charge in [-0.15, -0.1) is 0 Å². The third-order valence-electron chi connectivity index (χ3n) is 3.86. The molecule has 1 heterocycles. The Labute approximate surface area is 105 Å². The highest BCUT2D eigenvalue weighted by atomic mass is 15.2. The van der Waals surface area contributed by atoms with E-state index in [1.807, 2.05) is 0 Å². The maximum Gasteiger partial charge on any atom is 0.0221 e. The van der Waals surface area contributed by atoms with Crippen molar-refractivity contribution in [2.24, 2.45) is 0 Å². The molecule has 2 rings (SSSR count). The van der Waals surface area contributed by atoms with E-state index in [0.29, 0.717) is 0 Å². The summed E-state index contributed by atoms with van der Waals surface area (Å²) in [6, 6.07) is 9.38. The average Bonchev–Trinajstić information content (AvgIpc) is 2.79. The molecule has 1 N–H and O–H groups in total. The number of benzene rings is 1. The van der Waals surface area contributed by atoms with Gasteiger partial charge in [0.1, 0.15) is 0 Å². The summed E-state index contributed by atoms with van der Waals surface area (Å²) in [7, 11) is 0. The molecule has 1 aromatic rings. The number of hydrogen-bond donors (Lipinski definition) is 1. The van der Waals surface area contributed by atoms with Crippen LogP contribution in [0.5, 0.6) is 0 Å². The maximum atomic E-state index is 3.61. The van der Waals surface area contributed by atoms with Crippen molar-refractivity contribution < 1.29 is 0 Å². The van der Waals surface area contributed by atoms with Gasteiger partial charge >= 0.3 is 0 Å². The molecular formula is C15H24N2. The third-order valence-corrected chi connectivity index (χ3v) is 3.86. The number of likely N-dealkylation sites (tertiary alicyclic amines) is 1. The molecule has 1 saturated heterocycles. The number of nitrogens with one attached hydrogen (secondary N) is 1. The monoisotopic (exact) mass is 232 g/mol. The van der Waals surface area contributed by atoms with Gasteiger partial charge in [-0.3, -0.25) is 4.90 Å². The Morgan fingerprint density at radius 2 is 2.18 bits per heavy atom. The molecule has 0 spiro atoms. The first-order valence-electron chi connectivity index (χ1n) is 6.80. The third kappa shape index (κ3) is 3.30. The zero-order chi connectivity index (χ0) is 12.1. The Kier molecular flexibility index (Phi) is 4.57. The summed E-state index contributed by atoms with van der Waals surface area (Å²) in [5, 5.41) is 3.61. The van der Waals surface area contributed by atoms with Crippen LogP contribution in [-0.4, -0.2) is 30.6 Å². The molecule has 1 atom stereocenters. The molecule has 1 aliphatic heterocycles. The van der Waals surface area contributed by atoms with Crippen molar-refractivity contribution >= 4 is 0 Å². The second kappa shape index (κ2) is 6.18. The molecule has 94 valence electrons. The highest BCUT2D eigenvalue weighted by molar-refractivity contribution is 5.25. The summed E-state index contributed by atoms with van der Waals surface area (Å²) in [5.74, 6) is 0. The van der Waals surface area contributed by atoms with Gasteiger partial charge in [0.25, 0.3) is 0 Å². The van der Waals surface area contributed by atoms with Crippen molar-refractivity contribution in [3.05, 3.63) is 35.4 Å². The van der Waals surface area contributed by atoms with Gasteiger partial charge in [0, 0.05) is 19.1 Å². The smallest absolute Gasteiger partial charge is 0.0221 e. The van der Waals surface area contributed by atoms with E-state index in [1.54, 1.807) is 0 Å². The minimum atomic E-state index is 0.754. The van der Waals surface area contributed by atoms with E-state index < -0.39 is 0 Å². The molecule has 1 fully saturated rings. The van der Waals surface area contributed by atoms with Crippen LogP contribution in [0.25, 0.3) is 0 Å². The van der Waals surface area contributed by atoms with Crippen molar-refractivity contribution in [3.8, 4) is 0 Å². The Hall–Kier alpha value is -0.860. The second-order valence-corrected chi connectivity index (χ2v) is 4.98. The first-order valence-corrected chi connectivity index (χ1v) is 6.80. The van der Waals surface area contributed by atoms with E-state index in [0.717, 1.165) is 19.1 Å². The second-order valence-electron chi connectivity index (χ2n) is 4.98. The van der Waals surface area contributed by atoms with Gasteiger partial charge in [0.2, 0.25) is 0 Å². The molecular weight excluding hydrogens is 208 g/mol. The predicted molar refractivity (Wildman–Crippen MR) is 73.2 cm³/mol. The minimum Gasteiger partial charge on any atom is -0.311 e. The number of aryl methyl sites for hydroxylation is 1. The summed E-state index contributed by atoms with van der Waals surface area (Å²) in [4.78, 5) is 2.59. The molecule has 0 saturated carbocycles. The van der Waals surface area contributed by atoms with E-state index in [9.17, 15) is 0 Å². The van der Waals surface area contributed by atoms with Crippen LogP contribution in [0, 0.1) is 6.92 Å². The van der Waals surface area contributed by atoms with Crippen molar-refractivity contribution in [2.75, 3.05) is 19.6 Å². The summed E-state index contributed by atoms with van der Waals surface area (Å²) in [6.07, 6.45) is 2.72. The van der Waals surface area contributed by atoms with Gasteiger partial charge in [-0.05, 0) is 44.0 Å². The Morgan fingerprint density at radius 1 is 1.35 bits per heavy atom. The fourth-order valence-corrected chi connectivity index (χ4v) is 2.72. The first-order chi connectivity index (χ1) is 8.31. The van der Waals surface area contributed by atoms with Gasteiger partial charge in [0.15, 0.2) is 0 Å². The van der Waals surface area contributed by atoms with Gasteiger partial charge in [-0.1, -0.05) is 31.2 Å². The van der Waals surface area contributed by atoms with Gasteiger partial charge in [-0.2, -0.15) is 0 Å². The molecule has 0 aromatic heterocycles. The highest BCUT2D eigenvalue weighted by Gasteiger charge is 2.21. The zero-order valence-corrected chi connectivity index (χ0v) is 11.1. The van der Waals surface area contributed by atoms with Crippen LogP contribution in [-0.2, 0) is 6.54 Å². The van der Waals surface area contributed by atoms with Crippen LogP contribution in [0.15, 0.2) is 24.3 Å². The van der Waals surface area contributed by atoms with Crippen LogP contribution in [0.3, 0.4) is 0 Å². The van der Waals surface area contributed by atoms with Crippen LogP contribution in [0.4, 0.5) is 0 Å². The van der Waals surface area contributed by atoms with E-state index in [-0.39, 0.29) is 0 Å². The maximum absolute atomic E-state index is 3.61. The lowest BCUT2D eigenvalue weighted by Crippen LogP contribution is -2.37. The number of nitrogens with zero attached hydrogens (tertiary/aromatic N) is 1. The quantitative estimate of drug-likeness (QED) is 0.839. The largest absolute Gasteiger partial charge is 0.311 e. The molecule has 0 unspecified atom stereocenters. The van der Waals surface area contributed by atoms with Crippen molar-refractivity contribution in [1.29, 1.82) is 0 Å². The van der Waals surface area contributed by atoms with Gasteiger partial charge in [0.05, 0.1) is 0 Å². The van der Waals surface area contributed by atoms with Crippen molar-refractivity contribution in [3.63, 3.8) is 0 Å². The van der Waals surface area contributed by atoms with E-state index in [2.05, 4.69) is 48.3 Å². The van der Waals surface area contributed by atoms with Crippen LogP contribution in [0.1, 0.15) is 30.9 Å². The molecule has 0 aliphatic carbocycles. The zero-order valence-electron chi connectivity index (χ0n) is 11.1.